The van der Waals surface area contributed by atoms with Crippen LogP contribution in [0.25, 0.3) is 0 Å². The predicted molar refractivity (Wildman–Crippen MR) is 76.9 cm³/mol. The fraction of sp³-hybridized carbons (Fsp3) is 0.923. The van der Waals surface area contributed by atoms with Crippen LogP contribution >= 0.6 is 0 Å². The molecule has 5 nitrogen and oxygen atoms in total. The zero-order valence-corrected chi connectivity index (χ0v) is 12.7. The Balaban J connectivity index is 3.44. The SMILES string of the molecule is CC(C)(C)NCCNC(=O)NCCNC(C)(C)C. The van der Waals surface area contributed by atoms with Crippen molar-refractivity contribution in [1.29, 1.82) is 0 Å². The lowest BCUT2D eigenvalue weighted by atomic mass is 10.1. The highest BCUT2D eigenvalue weighted by molar-refractivity contribution is 5.73. The normalized spacial score (nSPS) is 12.3. The van der Waals surface area contributed by atoms with Gasteiger partial charge in [-0.15, -0.1) is 0 Å². The van der Waals surface area contributed by atoms with Crippen LogP contribution in [0.5, 0.6) is 0 Å². The Morgan fingerprint density at radius 3 is 1.33 bits per heavy atom. The molecule has 0 aromatic carbocycles. The van der Waals surface area contributed by atoms with Crippen LogP contribution in [0.1, 0.15) is 41.5 Å². The standard InChI is InChI=1S/C13H30N4O/c1-12(2,3)16-9-7-14-11(18)15-8-10-17-13(4,5)6/h16-17H,7-10H2,1-6H3,(H2,14,15,18). The van der Waals surface area contributed by atoms with Crippen LogP contribution in [0.2, 0.25) is 0 Å². The largest absolute Gasteiger partial charge is 0.337 e. The zero-order valence-electron chi connectivity index (χ0n) is 12.7. The molecule has 2 amide bonds. The molecule has 4 N–H and O–H groups in total. The summed E-state index contributed by atoms with van der Waals surface area (Å²) >= 11 is 0. The van der Waals surface area contributed by atoms with E-state index in [-0.39, 0.29) is 17.1 Å². The first-order chi connectivity index (χ1) is 8.10. The highest BCUT2D eigenvalue weighted by atomic mass is 16.2. The molecule has 0 unspecified atom stereocenters. The highest BCUT2D eigenvalue weighted by Gasteiger charge is 2.09. The first-order valence-corrected chi connectivity index (χ1v) is 6.62. The first kappa shape index (κ1) is 17.2. The summed E-state index contributed by atoms with van der Waals surface area (Å²) in [5.74, 6) is 0. The van der Waals surface area contributed by atoms with Gasteiger partial charge in [-0.2, -0.15) is 0 Å². The maximum Gasteiger partial charge on any atom is 0.314 e. The average Bonchev–Trinajstić information content (AvgIpc) is 2.17. The molecular formula is C13H30N4O. The van der Waals surface area contributed by atoms with Crippen molar-refractivity contribution in [3.8, 4) is 0 Å². The average molecular weight is 258 g/mol. The molecule has 0 aliphatic heterocycles. The van der Waals surface area contributed by atoms with Crippen LogP contribution in [-0.4, -0.2) is 43.3 Å². The molecule has 0 aliphatic carbocycles. The Kier molecular flexibility index (Phi) is 7.25. The Labute approximate surface area is 111 Å². The summed E-state index contributed by atoms with van der Waals surface area (Å²) in [4.78, 5) is 11.4. The molecule has 0 aromatic rings. The van der Waals surface area contributed by atoms with E-state index in [4.69, 9.17) is 0 Å². The maximum atomic E-state index is 11.4. The van der Waals surface area contributed by atoms with E-state index in [2.05, 4.69) is 62.8 Å². The summed E-state index contributed by atoms with van der Waals surface area (Å²) in [7, 11) is 0. The molecule has 0 bridgehead atoms. The van der Waals surface area contributed by atoms with Crippen LogP contribution in [-0.2, 0) is 0 Å². The monoisotopic (exact) mass is 258 g/mol. The van der Waals surface area contributed by atoms with E-state index in [0.717, 1.165) is 13.1 Å². The third kappa shape index (κ3) is 13.3. The van der Waals surface area contributed by atoms with E-state index in [1.807, 2.05) is 0 Å². The van der Waals surface area contributed by atoms with E-state index < -0.39 is 0 Å². The minimum Gasteiger partial charge on any atom is -0.337 e. The van der Waals surface area contributed by atoms with Crippen molar-refractivity contribution in [2.45, 2.75) is 52.6 Å². The summed E-state index contributed by atoms with van der Waals surface area (Å²) in [6.07, 6.45) is 0. The van der Waals surface area contributed by atoms with Crippen molar-refractivity contribution in [1.82, 2.24) is 21.3 Å². The topological polar surface area (TPSA) is 65.2 Å². The van der Waals surface area contributed by atoms with Crippen LogP contribution in [0.15, 0.2) is 0 Å². The summed E-state index contributed by atoms with van der Waals surface area (Å²) in [6, 6.07) is -0.110. The quantitative estimate of drug-likeness (QED) is 0.539. The lowest BCUT2D eigenvalue weighted by Crippen LogP contribution is -2.46. The Hall–Kier alpha value is -0.810. The minimum atomic E-state index is -0.110. The van der Waals surface area contributed by atoms with Crippen molar-refractivity contribution in [3.63, 3.8) is 0 Å². The van der Waals surface area contributed by atoms with E-state index in [9.17, 15) is 4.79 Å². The molecule has 0 atom stereocenters. The molecule has 0 fully saturated rings. The molecular weight excluding hydrogens is 228 g/mol. The van der Waals surface area contributed by atoms with E-state index in [0.29, 0.717) is 13.1 Å². The van der Waals surface area contributed by atoms with E-state index >= 15 is 0 Å². The molecule has 5 heteroatoms. The summed E-state index contributed by atoms with van der Waals surface area (Å²) in [5, 5.41) is 12.2. The Morgan fingerprint density at radius 1 is 0.722 bits per heavy atom. The van der Waals surface area contributed by atoms with Crippen molar-refractivity contribution >= 4 is 6.03 Å². The number of hydrogen-bond acceptors (Lipinski definition) is 3. The number of urea groups is 1. The smallest absolute Gasteiger partial charge is 0.314 e. The molecule has 18 heavy (non-hydrogen) atoms. The third-order valence-corrected chi connectivity index (χ3v) is 2.13. The third-order valence-electron chi connectivity index (χ3n) is 2.13. The number of rotatable bonds is 6. The van der Waals surface area contributed by atoms with E-state index in [1.165, 1.54) is 0 Å². The summed E-state index contributed by atoms with van der Waals surface area (Å²) in [6.45, 7) is 15.4. The van der Waals surface area contributed by atoms with Crippen molar-refractivity contribution in [2.75, 3.05) is 26.2 Å². The molecule has 0 saturated carbocycles. The second-order valence-electron chi connectivity index (χ2n) is 6.54. The van der Waals surface area contributed by atoms with Crippen molar-refractivity contribution in [3.05, 3.63) is 0 Å². The number of hydrogen-bond donors (Lipinski definition) is 4. The second kappa shape index (κ2) is 7.59. The fourth-order valence-corrected chi connectivity index (χ4v) is 1.29. The molecule has 0 aliphatic rings. The van der Waals surface area contributed by atoms with Gasteiger partial charge >= 0.3 is 6.03 Å². The maximum absolute atomic E-state index is 11.4. The minimum absolute atomic E-state index is 0.0920. The summed E-state index contributed by atoms with van der Waals surface area (Å²) in [5.41, 5.74) is 0.184. The molecule has 0 rings (SSSR count). The Morgan fingerprint density at radius 2 is 1.06 bits per heavy atom. The second-order valence-corrected chi connectivity index (χ2v) is 6.54. The van der Waals surface area contributed by atoms with Crippen molar-refractivity contribution in [2.24, 2.45) is 0 Å². The van der Waals surface area contributed by atoms with Crippen LogP contribution in [0.4, 0.5) is 4.79 Å². The van der Waals surface area contributed by atoms with Gasteiger partial charge in [0.05, 0.1) is 0 Å². The van der Waals surface area contributed by atoms with E-state index in [1.54, 1.807) is 0 Å². The number of carbonyl (C=O) groups is 1. The van der Waals surface area contributed by atoms with Gasteiger partial charge in [0.15, 0.2) is 0 Å². The zero-order chi connectivity index (χ0) is 14.2. The predicted octanol–water partition coefficient (Wildman–Crippen LogP) is 1.06. The van der Waals surface area contributed by atoms with Gasteiger partial charge in [0.2, 0.25) is 0 Å². The number of nitrogens with one attached hydrogen (secondary N) is 4. The van der Waals surface area contributed by atoms with Crippen LogP contribution < -0.4 is 21.3 Å². The lowest BCUT2D eigenvalue weighted by Gasteiger charge is -2.21. The fourth-order valence-electron chi connectivity index (χ4n) is 1.29. The molecule has 0 spiro atoms. The lowest BCUT2D eigenvalue weighted by molar-refractivity contribution is 0.240. The highest BCUT2D eigenvalue weighted by Crippen LogP contribution is 1.96. The Bertz CT molecular complexity index is 216. The van der Waals surface area contributed by atoms with Gasteiger partial charge in [-0.1, -0.05) is 0 Å². The van der Waals surface area contributed by atoms with Crippen LogP contribution in [0.3, 0.4) is 0 Å². The van der Waals surface area contributed by atoms with Gasteiger partial charge < -0.3 is 21.3 Å². The van der Waals surface area contributed by atoms with Gasteiger partial charge in [0.25, 0.3) is 0 Å². The first-order valence-electron chi connectivity index (χ1n) is 6.62. The molecule has 0 radical (unpaired) electrons. The van der Waals surface area contributed by atoms with Gasteiger partial charge in [-0.3, -0.25) is 0 Å². The van der Waals surface area contributed by atoms with Gasteiger partial charge in [0.1, 0.15) is 0 Å². The summed E-state index contributed by atoms with van der Waals surface area (Å²) < 4.78 is 0. The number of amides is 2. The van der Waals surface area contributed by atoms with Gasteiger partial charge in [-0.25, -0.2) is 4.79 Å². The number of carbonyl (C=O) groups excluding carboxylic acids is 1. The molecule has 0 heterocycles. The van der Waals surface area contributed by atoms with Gasteiger partial charge in [-0.05, 0) is 41.5 Å². The molecule has 108 valence electrons. The van der Waals surface area contributed by atoms with Gasteiger partial charge in [0, 0.05) is 37.3 Å². The van der Waals surface area contributed by atoms with Crippen molar-refractivity contribution < 1.29 is 4.79 Å². The molecule has 0 saturated heterocycles. The van der Waals surface area contributed by atoms with Crippen LogP contribution in [0, 0.1) is 0 Å². The molecule has 0 aromatic heterocycles.